The van der Waals surface area contributed by atoms with Crippen molar-refractivity contribution in [2.75, 3.05) is 18.5 Å². The lowest BCUT2D eigenvalue weighted by atomic mass is 10.2. The summed E-state index contributed by atoms with van der Waals surface area (Å²) >= 11 is 0. The van der Waals surface area contributed by atoms with Crippen LogP contribution in [0.3, 0.4) is 0 Å². The van der Waals surface area contributed by atoms with Crippen molar-refractivity contribution in [2.24, 2.45) is 0 Å². The smallest absolute Gasteiger partial charge is 0.0652 e. The summed E-state index contributed by atoms with van der Waals surface area (Å²) in [6.45, 7) is 14.6. The van der Waals surface area contributed by atoms with Gasteiger partial charge in [-0.15, -0.1) is 0 Å². The van der Waals surface area contributed by atoms with E-state index in [2.05, 4.69) is 41.5 Å². The van der Waals surface area contributed by atoms with Gasteiger partial charge in [0.05, 0.1) is 23.6 Å². The SMILES string of the molecule is CCCC[P+](CCCC)(CCCC)C(C)(C)C. The molecule has 0 atom stereocenters. The molecule has 0 aromatic rings. The molecule has 0 fully saturated rings. The summed E-state index contributed by atoms with van der Waals surface area (Å²) in [6.07, 6.45) is 13.1. The fourth-order valence-electron chi connectivity index (χ4n) is 2.72. The molecule has 0 spiro atoms. The summed E-state index contributed by atoms with van der Waals surface area (Å²) in [5.74, 6) is 0. The Morgan fingerprint density at radius 2 is 0.941 bits per heavy atom. The van der Waals surface area contributed by atoms with Gasteiger partial charge in [-0.2, -0.15) is 0 Å². The average molecular weight is 259 g/mol. The molecule has 0 saturated heterocycles. The van der Waals surface area contributed by atoms with Gasteiger partial charge in [0.2, 0.25) is 0 Å². The molecule has 17 heavy (non-hydrogen) atoms. The van der Waals surface area contributed by atoms with E-state index in [4.69, 9.17) is 0 Å². The van der Waals surface area contributed by atoms with E-state index in [0.29, 0.717) is 5.16 Å². The van der Waals surface area contributed by atoms with Gasteiger partial charge in [0.15, 0.2) is 0 Å². The molecule has 0 rings (SSSR count). The standard InChI is InChI=1S/C16H36P/c1-7-10-13-17(14-11-8-2,15-12-9-3)16(4,5)6/h7-15H2,1-6H3/q+1. The van der Waals surface area contributed by atoms with Crippen LogP contribution in [0, 0.1) is 0 Å². The molecule has 1 heteroatoms. The van der Waals surface area contributed by atoms with Crippen LogP contribution in [0.5, 0.6) is 0 Å². The highest BCUT2D eigenvalue weighted by atomic mass is 31.2. The fourth-order valence-corrected chi connectivity index (χ4v) is 8.17. The van der Waals surface area contributed by atoms with Crippen molar-refractivity contribution in [3.8, 4) is 0 Å². The summed E-state index contributed by atoms with van der Waals surface area (Å²) in [4.78, 5) is 0. The molecule has 0 N–H and O–H groups in total. The lowest BCUT2D eigenvalue weighted by molar-refractivity contribution is 0.726. The van der Waals surface area contributed by atoms with Crippen LogP contribution in [0.15, 0.2) is 0 Å². The lowest BCUT2D eigenvalue weighted by Gasteiger charge is -2.39. The molecular weight excluding hydrogens is 223 g/mol. The predicted octanol–water partition coefficient (Wildman–Crippen LogP) is 6.20. The normalized spacial score (nSPS) is 13.1. The molecule has 0 aliphatic rings. The van der Waals surface area contributed by atoms with E-state index in [-0.39, 0.29) is 0 Å². The van der Waals surface area contributed by atoms with Gasteiger partial charge in [-0.05, 0) is 40.0 Å². The van der Waals surface area contributed by atoms with Gasteiger partial charge in [0.1, 0.15) is 0 Å². The first-order chi connectivity index (χ1) is 7.93. The van der Waals surface area contributed by atoms with Gasteiger partial charge in [-0.1, -0.05) is 40.0 Å². The Morgan fingerprint density at radius 3 is 1.12 bits per heavy atom. The maximum atomic E-state index is 2.52. The molecule has 0 radical (unpaired) electrons. The van der Waals surface area contributed by atoms with Crippen molar-refractivity contribution in [1.29, 1.82) is 0 Å². The van der Waals surface area contributed by atoms with E-state index in [9.17, 15) is 0 Å². The zero-order valence-electron chi connectivity index (χ0n) is 13.3. The molecule has 0 amide bonds. The summed E-state index contributed by atoms with van der Waals surface area (Å²) < 4.78 is 0. The molecule has 0 aliphatic carbocycles. The maximum Gasteiger partial charge on any atom is 0.0715 e. The quantitative estimate of drug-likeness (QED) is 0.432. The monoisotopic (exact) mass is 259 g/mol. The number of unbranched alkanes of at least 4 members (excludes halogenated alkanes) is 3. The number of hydrogen-bond donors (Lipinski definition) is 0. The van der Waals surface area contributed by atoms with Crippen LogP contribution in [-0.2, 0) is 0 Å². The summed E-state index contributed by atoms with van der Waals surface area (Å²) in [7, 11) is -0.730. The van der Waals surface area contributed by atoms with E-state index in [1.54, 1.807) is 18.5 Å². The topological polar surface area (TPSA) is 0 Å². The second-order valence-electron chi connectivity index (χ2n) is 6.55. The maximum absolute atomic E-state index is 2.52. The van der Waals surface area contributed by atoms with Crippen molar-refractivity contribution in [3.63, 3.8) is 0 Å². The van der Waals surface area contributed by atoms with Crippen molar-refractivity contribution < 1.29 is 0 Å². The summed E-state index contributed by atoms with van der Waals surface area (Å²) in [6, 6.07) is 0. The van der Waals surface area contributed by atoms with Crippen LogP contribution in [0.2, 0.25) is 0 Å². The van der Waals surface area contributed by atoms with Gasteiger partial charge >= 0.3 is 0 Å². The lowest BCUT2D eigenvalue weighted by Crippen LogP contribution is -2.27. The van der Waals surface area contributed by atoms with E-state index in [1.165, 1.54) is 38.5 Å². The molecular formula is C16H36P+. The first-order valence-electron chi connectivity index (χ1n) is 7.79. The van der Waals surface area contributed by atoms with Crippen LogP contribution in [0.4, 0.5) is 0 Å². The van der Waals surface area contributed by atoms with E-state index in [0.717, 1.165) is 0 Å². The van der Waals surface area contributed by atoms with Gasteiger partial charge in [0, 0.05) is 7.26 Å². The Balaban J connectivity index is 4.78. The van der Waals surface area contributed by atoms with Crippen molar-refractivity contribution >= 4 is 7.26 Å². The molecule has 0 nitrogen and oxygen atoms in total. The molecule has 0 aromatic carbocycles. The van der Waals surface area contributed by atoms with Gasteiger partial charge in [-0.3, -0.25) is 0 Å². The predicted molar refractivity (Wildman–Crippen MR) is 86.0 cm³/mol. The highest BCUT2D eigenvalue weighted by Crippen LogP contribution is 2.69. The Kier molecular flexibility index (Phi) is 8.73. The van der Waals surface area contributed by atoms with Crippen LogP contribution in [0.1, 0.15) is 80.1 Å². The van der Waals surface area contributed by atoms with E-state index < -0.39 is 7.26 Å². The fraction of sp³-hybridized carbons (Fsp3) is 1.00. The second kappa shape index (κ2) is 8.52. The summed E-state index contributed by atoms with van der Waals surface area (Å²) in [5.41, 5.74) is 0. The number of hydrogen-bond acceptors (Lipinski definition) is 0. The first-order valence-corrected chi connectivity index (χ1v) is 10.1. The molecule has 104 valence electrons. The van der Waals surface area contributed by atoms with Gasteiger partial charge < -0.3 is 0 Å². The highest BCUT2D eigenvalue weighted by molar-refractivity contribution is 7.77. The Bertz CT molecular complexity index is 157. The zero-order valence-corrected chi connectivity index (χ0v) is 14.2. The van der Waals surface area contributed by atoms with Gasteiger partial charge in [0.25, 0.3) is 0 Å². The minimum atomic E-state index is -0.730. The molecule has 0 saturated carbocycles. The van der Waals surface area contributed by atoms with Crippen LogP contribution in [-0.4, -0.2) is 23.6 Å². The zero-order chi connectivity index (χ0) is 13.4. The Hall–Kier alpha value is 0.430. The third-order valence-corrected chi connectivity index (χ3v) is 10.6. The van der Waals surface area contributed by atoms with E-state index >= 15 is 0 Å². The van der Waals surface area contributed by atoms with Crippen molar-refractivity contribution in [2.45, 2.75) is 85.2 Å². The van der Waals surface area contributed by atoms with Gasteiger partial charge in [-0.25, -0.2) is 0 Å². The van der Waals surface area contributed by atoms with E-state index in [1.807, 2.05) is 0 Å². The third-order valence-electron chi connectivity index (χ3n) is 4.24. The molecule has 0 unspecified atom stereocenters. The summed E-state index contributed by atoms with van der Waals surface area (Å²) in [5, 5.41) is 0.576. The minimum absolute atomic E-state index is 0.576. The molecule has 0 heterocycles. The van der Waals surface area contributed by atoms with Crippen LogP contribution in [0.25, 0.3) is 0 Å². The molecule has 0 bridgehead atoms. The van der Waals surface area contributed by atoms with Crippen molar-refractivity contribution in [3.05, 3.63) is 0 Å². The van der Waals surface area contributed by atoms with Crippen molar-refractivity contribution in [1.82, 2.24) is 0 Å². The van der Waals surface area contributed by atoms with Crippen LogP contribution < -0.4 is 0 Å². The number of rotatable bonds is 9. The molecule has 0 aliphatic heterocycles. The molecule has 0 aromatic heterocycles. The Morgan fingerprint density at radius 1 is 0.647 bits per heavy atom. The van der Waals surface area contributed by atoms with Crippen LogP contribution >= 0.6 is 7.26 Å². The average Bonchev–Trinajstić information content (AvgIpc) is 2.27. The Labute approximate surface area is 111 Å². The third kappa shape index (κ3) is 5.73. The largest absolute Gasteiger partial charge is 0.0715 e. The minimum Gasteiger partial charge on any atom is -0.0652 e. The second-order valence-corrected chi connectivity index (χ2v) is 11.5. The highest BCUT2D eigenvalue weighted by Gasteiger charge is 2.46. The first kappa shape index (κ1) is 17.4.